The zero-order valence-electron chi connectivity index (χ0n) is 10.8. The average molecular weight is 251 g/mol. The molecular weight excluding hydrogens is 230 g/mol. The van der Waals surface area contributed by atoms with Gasteiger partial charge in [0.15, 0.2) is 5.69 Å². The number of likely N-dealkylation sites (tertiary alicyclic amines) is 1. The maximum atomic E-state index is 12.1. The summed E-state index contributed by atoms with van der Waals surface area (Å²) in [5.41, 5.74) is 0.415. The molecule has 100 valence electrons. The van der Waals surface area contributed by atoms with E-state index in [9.17, 15) is 4.79 Å². The van der Waals surface area contributed by atoms with Gasteiger partial charge in [-0.3, -0.25) is 4.79 Å². The van der Waals surface area contributed by atoms with Crippen molar-refractivity contribution < 1.29 is 10.7 Å². The molecule has 0 aromatic carbocycles. The highest BCUT2D eigenvalue weighted by Gasteiger charge is 2.31. The van der Waals surface area contributed by atoms with Crippen LogP contribution in [0.3, 0.4) is 0 Å². The predicted molar refractivity (Wildman–Crippen MR) is 68.5 cm³/mol. The Morgan fingerprint density at radius 2 is 2.33 bits per heavy atom. The first kappa shape index (κ1) is 11.7. The Morgan fingerprint density at radius 1 is 1.56 bits per heavy atom. The molecule has 2 atom stereocenters. The normalized spacial score (nSPS) is 28.6. The van der Waals surface area contributed by atoms with E-state index in [1.54, 1.807) is 6.07 Å². The van der Waals surface area contributed by atoms with Crippen molar-refractivity contribution in [2.45, 2.75) is 31.7 Å². The third-order valence-corrected chi connectivity index (χ3v) is 3.85. The van der Waals surface area contributed by atoms with Crippen LogP contribution in [-0.4, -0.2) is 42.1 Å². The van der Waals surface area contributed by atoms with Gasteiger partial charge in [-0.25, -0.2) is 0 Å². The molecule has 1 saturated carbocycles. The second kappa shape index (κ2) is 4.39. The van der Waals surface area contributed by atoms with E-state index in [0.29, 0.717) is 17.5 Å². The highest BCUT2D eigenvalue weighted by molar-refractivity contribution is 5.92. The topological polar surface area (TPSA) is 58.4 Å². The number of carbonyl (C=O) groups excluding carboxylic acids is 1. The second-order valence-corrected chi connectivity index (χ2v) is 5.67. The molecule has 0 radical (unpaired) electrons. The van der Waals surface area contributed by atoms with Gasteiger partial charge in [0, 0.05) is 32.5 Å². The maximum Gasteiger partial charge on any atom is 0.273 e. The van der Waals surface area contributed by atoms with Gasteiger partial charge in [-0.1, -0.05) is 12.1 Å². The smallest absolute Gasteiger partial charge is 0.273 e. The molecule has 1 aromatic heterocycles. The van der Waals surface area contributed by atoms with Gasteiger partial charge in [0.05, 0.1) is 0 Å². The van der Waals surface area contributed by atoms with Crippen molar-refractivity contribution in [1.29, 1.82) is 0 Å². The molecule has 3 rings (SSSR count). The Bertz CT molecular complexity index is 458. The van der Waals surface area contributed by atoms with E-state index in [2.05, 4.69) is 29.3 Å². The van der Waals surface area contributed by atoms with Gasteiger partial charge in [-0.2, -0.15) is 0 Å². The zero-order valence-corrected chi connectivity index (χ0v) is 10.8. The lowest BCUT2D eigenvalue weighted by molar-refractivity contribution is 0.0922. The highest BCUT2D eigenvalue weighted by atomic mass is 16.5. The van der Waals surface area contributed by atoms with Crippen molar-refractivity contribution in [2.24, 2.45) is 5.92 Å². The summed E-state index contributed by atoms with van der Waals surface area (Å²) in [5.74, 6) is 1.72. The molecule has 1 amide bonds. The number of nitrogens with one attached hydrogen (secondary N) is 1. The van der Waals surface area contributed by atoms with E-state index in [0.717, 1.165) is 31.7 Å². The van der Waals surface area contributed by atoms with Gasteiger partial charge in [0.1, 0.15) is 5.76 Å². The van der Waals surface area contributed by atoms with Crippen LogP contribution in [0.5, 0.6) is 0 Å². The SMILES string of the molecule is C[C@@H]1CN(C)C[C@H]1NC(=O)c1cc(C2CC2)on1.[HH]. The van der Waals surface area contributed by atoms with E-state index in [1.165, 1.54) is 0 Å². The average Bonchev–Trinajstić information content (AvgIpc) is 2.96. The Hall–Kier alpha value is -1.36. The van der Waals surface area contributed by atoms with Crippen LogP contribution < -0.4 is 5.32 Å². The van der Waals surface area contributed by atoms with Crippen LogP contribution >= 0.6 is 0 Å². The lowest BCUT2D eigenvalue weighted by Gasteiger charge is -2.15. The molecule has 1 N–H and O–H groups in total. The van der Waals surface area contributed by atoms with Crippen molar-refractivity contribution >= 4 is 5.91 Å². The van der Waals surface area contributed by atoms with Gasteiger partial charge >= 0.3 is 0 Å². The Balaban J connectivity index is 0.00000133. The summed E-state index contributed by atoms with van der Waals surface area (Å²) in [6.07, 6.45) is 2.31. The zero-order chi connectivity index (χ0) is 12.7. The monoisotopic (exact) mass is 251 g/mol. The van der Waals surface area contributed by atoms with Gasteiger partial charge in [0.25, 0.3) is 5.91 Å². The standard InChI is InChI=1S/C13H19N3O2.H2/c1-8-6-16(2)7-11(8)14-13(17)10-5-12(18-15-10)9-3-4-9;/h5,8-9,11H,3-4,6-7H2,1-2H3,(H,14,17);1H/t8-,11-;/m1./s1. The molecule has 1 aliphatic heterocycles. The van der Waals surface area contributed by atoms with Crippen molar-refractivity contribution in [1.82, 2.24) is 15.4 Å². The van der Waals surface area contributed by atoms with Crippen LogP contribution in [0.1, 0.15) is 43.4 Å². The number of likely N-dealkylation sites (N-methyl/N-ethyl adjacent to an activating group) is 1. The molecule has 2 fully saturated rings. The molecule has 18 heavy (non-hydrogen) atoms. The van der Waals surface area contributed by atoms with Gasteiger partial charge in [-0.05, 0) is 25.8 Å². The number of hydrogen-bond acceptors (Lipinski definition) is 4. The van der Waals surface area contributed by atoms with Gasteiger partial charge in [-0.15, -0.1) is 0 Å². The molecule has 0 bridgehead atoms. The third kappa shape index (κ3) is 2.27. The fraction of sp³-hybridized carbons (Fsp3) is 0.692. The Morgan fingerprint density at radius 3 is 2.94 bits per heavy atom. The molecule has 5 heteroatoms. The van der Waals surface area contributed by atoms with Crippen molar-refractivity contribution in [3.63, 3.8) is 0 Å². The Kier molecular flexibility index (Phi) is 2.86. The molecule has 1 aromatic rings. The largest absolute Gasteiger partial charge is 0.360 e. The summed E-state index contributed by atoms with van der Waals surface area (Å²) in [6, 6.07) is 2.00. The molecular formula is C13H21N3O2. The summed E-state index contributed by atoms with van der Waals surface area (Å²) in [7, 11) is 2.07. The van der Waals surface area contributed by atoms with Crippen LogP contribution in [0.2, 0.25) is 0 Å². The molecule has 0 spiro atoms. The lowest BCUT2D eigenvalue weighted by Crippen LogP contribution is -2.39. The molecule has 1 aliphatic carbocycles. The van der Waals surface area contributed by atoms with Crippen molar-refractivity contribution in [3.8, 4) is 0 Å². The minimum Gasteiger partial charge on any atom is -0.360 e. The van der Waals surface area contributed by atoms with Gasteiger partial charge in [0.2, 0.25) is 0 Å². The summed E-state index contributed by atoms with van der Waals surface area (Å²) in [4.78, 5) is 14.3. The van der Waals surface area contributed by atoms with E-state index in [1.807, 2.05) is 0 Å². The quantitative estimate of drug-likeness (QED) is 0.884. The van der Waals surface area contributed by atoms with Gasteiger partial charge < -0.3 is 14.7 Å². The van der Waals surface area contributed by atoms with Crippen molar-refractivity contribution in [3.05, 3.63) is 17.5 Å². The molecule has 0 unspecified atom stereocenters. The lowest BCUT2D eigenvalue weighted by atomic mass is 10.1. The van der Waals surface area contributed by atoms with Crippen LogP contribution in [0.4, 0.5) is 0 Å². The number of carbonyl (C=O) groups is 1. The van der Waals surface area contributed by atoms with Crippen molar-refractivity contribution in [2.75, 3.05) is 20.1 Å². The Labute approximate surface area is 108 Å². The van der Waals surface area contributed by atoms with E-state index in [-0.39, 0.29) is 13.4 Å². The number of nitrogens with zero attached hydrogens (tertiary/aromatic N) is 2. The fourth-order valence-corrected chi connectivity index (χ4v) is 2.60. The number of hydrogen-bond donors (Lipinski definition) is 1. The maximum absolute atomic E-state index is 12.1. The van der Waals surface area contributed by atoms with E-state index >= 15 is 0 Å². The molecule has 5 nitrogen and oxygen atoms in total. The summed E-state index contributed by atoms with van der Waals surface area (Å²) >= 11 is 0. The summed E-state index contributed by atoms with van der Waals surface area (Å²) < 4.78 is 5.20. The highest BCUT2D eigenvalue weighted by Crippen LogP contribution is 2.40. The summed E-state index contributed by atoms with van der Waals surface area (Å²) in [5, 5.41) is 6.91. The minimum atomic E-state index is -0.113. The van der Waals surface area contributed by atoms with Crippen LogP contribution in [0.25, 0.3) is 0 Å². The first-order chi connectivity index (χ1) is 8.63. The number of aromatic nitrogens is 1. The number of amides is 1. The summed E-state index contributed by atoms with van der Waals surface area (Å²) in [6.45, 7) is 4.09. The first-order valence-corrected chi connectivity index (χ1v) is 6.59. The fourth-order valence-electron chi connectivity index (χ4n) is 2.60. The molecule has 2 aliphatic rings. The van der Waals surface area contributed by atoms with Crippen LogP contribution in [0, 0.1) is 5.92 Å². The van der Waals surface area contributed by atoms with E-state index in [4.69, 9.17) is 4.52 Å². The van der Waals surface area contributed by atoms with Crippen LogP contribution in [-0.2, 0) is 0 Å². The minimum absolute atomic E-state index is 0. The van der Waals surface area contributed by atoms with E-state index < -0.39 is 0 Å². The predicted octanol–water partition coefficient (Wildman–Crippen LogP) is 1.48. The second-order valence-electron chi connectivity index (χ2n) is 5.67. The van der Waals surface area contributed by atoms with Crippen LogP contribution in [0.15, 0.2) is 10.6 Å². The third-order valence-electron chi connectivity index (χ3n) is 3.85. The molecule has 1 saturated heterocycles. The number of rotatable bonds is 3. The molecule has 2 heterocycles. The first-order valence-electron chi connectivity index (χ1n) is 6.59.